The summed E-state index contributed by atoms with van der Waals surface area (Å²) in [7, 11) is 3.33. The van der Waals surface area contributed by atoms with Gasteiger partial charge in [-0.25, -0.2) is 8.42 Å². The topological polar surface area (TPSA) is 87.9 Å². The second-order valence-electron chi connectivity index (χ2n) is 6.39. The molecule has 1 aromatic carbocycles. The lowest BCUT2D eigenvalue weighted by atomic mass is 10.1. The Morgan fingerprint density at radius 1 is 1.35 bits per heavy atom. The van der Waals surface area contributed by atoms with E-state index in [4.69, 9.17) is 10.7 Å². The number of amides is 1. The van der Waals surface area contributed by atoms with Crippen LogP contribution in [-0.2, 0) is 22.6 Å². The fraction of sp³-hybridized carbons (Fsp3) is 0.312. The van der Waals surface area contributed by atoms with Crippen molar-refractivity contribution in [3.8, 4) is 0 Å². The molecule has 1 amide bonds. The number of aryl methyl sites for hydroxylation is 1. The third kappa shape index (κ3) is 2.67. The average Bonchev–Trinajstić information content (AvgIpc) is 3.16. The summed E-state index contributed by atoms with van der Waals surface area (Å²) in [6, 6.07) is 4.42. The van der Waals surface area contributed by atoms with Crippen molar-refractivity contribution in [2.45, 2.75) is 24.4 Å². The monoisotopic (exact) mass is 393 g/mol. The molecule has 0 radical (unpaired) electrons. The molecule has 26 heavy (non-hydrogen) atoms. The van der Waals surface area contributed by atoms with E-state index in [1.807, 2.05) is 18.0 Å². The van der Waals surface area contributed by atoms with Crippen LogP contribution in [0.4, 0.5) is 5.69 Å². The lowest BCUT2D eigenvalue weighted by Gasteiger charge is -2.37. The molecule has 2 aromatic rings. The first-order chi connectivity index (χ1) is 12.3. The molecule has 4 rings (SSSR count). The molecule has 1 atom stereocenters. The summed E-state index contributed by atoms with van der Waals surface area (Å²) in [6.07, 6.45) is 3.51. The van der Waals surface area contributed by atoms with Gasteiger partial charge in [-0.05, 0) is 25.1 Å². The third-order valence-corrected chi connectivity index (χ3v) is 5.83. The van der Waals surface area contributed by atoms with Gasteiger partial charge >= 0.3 is 0 Å². The molecule has 0 unspecified atom stereocenters. The van der Waals surface area contributed by atoms with E-state index < -0.39 is 9.05 Å². The number of nitrogens with zero attached hydrogens (tertiary/aromatic N) is 5. The fourth-order valence-electron chi connectivity index (χ4n) is 3.29. The average molecular weight is 394 g/mol. The van der Waals surface area contributed by atoms with E-state index in [9.17, 15) is 13.2 Å². The predicted octanol–water partition coefficient (Wildman–Crippen LogP) is 1.57. The zero-order chi connectivity index (χ0) is 18.6. The van der Waals surface area contributed by atoms with E-state index >= 15 is 0 Å². The minimum absolute atomic E-state index is 0.0618. The number of rotatable bonds is 3. The van der Waals surface area contributed by atoms with Crippen LogP contribution in [0, 0.1) is 0 Å². The van der Waals surface area contributed by atoms with Crippen molar-refractivity contribution >= 4 is 37.3 Å². The molecule has 136 valence electrons. The summed E-state index contributed by atoms with van der Waals surface area (Å²) >= 11 is 0. The maximum absolute atomic E-state index is 13.1. The molecule has 0 bridgehead atoms. The number of guanidine groups is 1. The van der Waals surface area contributed by atoms with Crippen molar-refractivity contribution in [3.05, 3.63) is 41.7 Å². The molecule has 0 aliphatic carbocycles. The van der Waals surface area contributed by atoms with Crippen LogP contribution in [0.15, 0.2) is 40.5 Å². The van der Waals surface area contributed by atoms with Crippen LogP contribution in [-0.4, -0.2) is 47.6 Å². The highest BCUT2D eigenvalue weighted by molar-refractivity contribution is 8.13. The molecule has 2 aliphatic rings. The van der Waals surface area contributed by atoms with Crippen LogP contribution in [0.25, 0.3) is 0 Å². The Morgan fingerprint density at radius 3 is 2.77 bits per heavy atom. The number of anilines is 1. The van der Waals surface area contributed by atoms with Gasteiger partial charge in [-0.3, -0.25) is 19.4 Å². The number of carbonyl (C=O) groups is 1. The molecule has 1 aromatic heterocycles. The van der Waals surface area contributed by atoms with Gasteiger partial charge in [-0.15, -0.1) is 0 Å². The number of aromatic nitrogens is 2. The number of hydrogen-bond acceptors (Lipinski definition) is 6. The Balaban J connectivity index is 1.82. The summed E-state index contributed by atoms with van der Waals surface area (Å²) in [5, 5.41) is 4.13. The number of aliphatic imine (C=N–C) groups is 1. The van der Waals surface area contributed by atoms with Crippen LogP contribution in [0.2, 0.25) is 0 Å². The molecule has 0 saturated carbocycles. The fourth-order valence-corrected chi connectivity index (χ4v) is 4.07. The van der Waals surface area contributed by atoms with Gasteiger partial charge in [0, 0.05) is 29.5 Å². The van der Waals surface area contributed by atoms with Crippen molar-refractivity contribution in [2.75, 3.05) is 11.4 Å². The predicted molar refractivity (Wildman–Crippen MR) is 96.8 cm³/mol. The Morgan fingerprint density at radius 2 is 2.12 bits per heavy atom. The van der Waals surface area contributed by atoms with E-state index in [2.05, 4.69) is 10.1 Å². The second-order valence-corrected chi connectivity index (χ2v) is 8.96. The van der Waals surface area contributed by atoms with Crippen molar-refractivity contribution in [2.24, 2.45) is 12.0 Å². The first-order valence-corrected chi connectivity index (χ1v) is 10.3. The highest BCUT2D eigenvalue weighted by Gasteiger charge is 2.40. The number of fused-ring (bicyclic) bond motifs is 3. The van der Waals surface area contributed by atoms with Crippen LogP contribution in [0.3, 0.4) is 0 Å². The minimum atomic E-state index is -3.93. The lowest BCUT2D eigenvalue weighted by molar-refractivity contribution is 0.0833. The third-order valence-electron chi connectivity index (χ3n) is 4.48. The van der Waals surface area contributed by atoms with E-state index in [1.165, 1.54) is 12.1 Å². The van der Waals surface area contributed by atoms with Crippen molar-refractivity contribution in [3.63, 3.8) is 0 Å². The van der Waals surface area contributed by atoms with Gasteiger partial charge in [0.15, 0.2) is 0 Å². The van der Waals surface area contributed by atoms with Crippen LogP contribution >= 0.6 is 10.7 Å². The zero-order valence-electron chi connectivity index (χ0n) is 14.1. The Bertz CT molecular complexity index is 1050. The van der Waals surface area contributed by atoms with Gasteiger partial charge in [0.25, 0.3) is 15.0 Å². The Kier molecular flexibility index (Phi) is 3.81. The molecular formula is C16H16ClN5O3S. The highest BCUT2D eigenvalue weighted by atomic mass is 35.7. The molecule has 10 heteroatoms. The Labute approximate surface area is 155 Å². The van der Waals surface area contributed by atoms with Crippen LogP contribution in [0.1, 0.15) is 22.8 Å². The van der Waals surface area contributed by atoms with Crippen molar-refractivity contribution in [1.82, 2.24) is 14.7 Å². The zero-order valence-corrected chi connectivity index (χ0v) is 15.7. The molecule has 0 fully saturated rings. The summed E-state index contributed by atoms with van der Waals surface area (Å²) in [6.45, 7) is 2.86. The van der Waals surface area contributed by atoms with E-state index in [0.717, 1.165) is 5.56 Å². The maximum atomic E-state index is 13.1. The summed E-state index contributed by atoms with van der Waals surface area (Å²) in [5.41, 5.74) is 1.79. The number of benzene rings is 1. The van der Waals surface area contributed by atoms with Crippen LogP contribution < -0.4 is 4.90 Å². The quantitative estimate of drug-likeness (QED) is 0.738. The largest absolute Gasteiger partial charge is 0.307 e. The molecule has 0 spiro atoms. The summed E-state index contributed by atoms with van der Waals surface area (Å²) < 4.78 is 25.0. The maximum Gasteiger partial charge on any atom is 0.263 e. The van der Waals surface area contributed by atoms with Crippen molar-refractivity contribution < 1.29 is 13.2 Å². The summed E-state index contributed by atoms with van der Waals surface area (Å²) in [5.74, 6) is 0.260. The van der Waals surface area contributed by atoms with Gasteiger partial charge in [0.1, 0.15) is 0 Å². The van der Waals surface area contributed by atoms with Gasteiger partial charge in [0.05, 0.1) is 41.5 Å². The first-order valence-electron chi connectivity index (χ1n) is 7.97. The molecular weight excluding hydrogens is 378 g/mol. The van der Waals surface area contributed by atoms with Crippen LogP contribution in [0.5, 0.6) is 0 Å². The van der Waals surface area contributed by atoms with E-state index in [-0.39, 0.29) is 16.8 Å². The van der Waals surface area contributed by atoms with Crippen molar-refractivity contribution in [1.29, 1.82) is 0 Å². The van der Waals surface area contributed by atoms with E-state index in [1.54, 1.807) is 28.9 Å². The molecule has 3 heterocycles. The first kappa shape index (κ1) is 17.0. The SMILES string of the molecule is C[C@@H]1CN=C2N(Cc3cnn(C)c3)C(=O)c3cc(S(=O)(=O)Cl)ccc3N21. The van der Waals surface area contributed by atoms with Gasteiger partial charge in [-0.2, -0.15) is 5.10 Å². The van der Waals surface area contributed by atoms with E-state index in [0.29, 0.717) is 30.3 Å². The Hall–Kier alpha value is -2.39. The minimum Gasteiger partial charge on any atom is -0.307 e. The number of halogens is 1. The molecule has 8 nitrogen and oxygen atoms in total. The molecule has 0 N–H and O–H groups in total. The smallest absolute Gasteiger partial charge is 0.263 e. The van der Waals surface area contributed by atoms with Gasteiger partial charge in [0.2, 0.25) is 5.96 Å². The highest BCUT2D eigenvalue weighted by Crippen LogP contribution is 2.35. The second kappa shape index (κ2) is 5.82. The molecule has 0 saturated heterocycles. The summed E-state index contributed by atoms with van der Waals surface area (Å²) in [4.78, 5) is 21.0. The van der Waals surface area contributed by atoms with Gasteiger partial charge in [-0.1, -0.05) is 0 Å². The number of hydrogen-bond donors (Lipinski definition) is 0. The standard InChI is InChI=1S/C16H16ClN5O3S/c1-10-6-18-16-21(9-11-7-19-20(2)8-11)15(23)13-5-12(26(17,24)25)3-4-14(13)22(10)16/h3-5,7-8,10H,6,9H2,1-2H3/t10-/m1/s1. The lowest BCUT2D eigenvalue weighted by Crippen LogP contribution is -2.51. The normalized spacial score (nSPS) is 19.4. The number of carbonyl (C=O) groups excluding carboxylic acids is 1. The molecule has 2 aliphatic heterocycles. The van der Waals surface area contributed by atoms with Gasteiger partial charge < -0.3 is 4.90 Å².